The molecule has 0 spiro atoms. The van der Waals surface area contributed by atoms with Gasteiger partial charge in [-0.3, -0.25) is 28.0 Å². The zero-order valence-corrected chi connectivity index (χ0v) is 25.1. The van der Waals surface area contributed by atoms with E-state index in [9.17, 15) is 33.9 Å². The summed E-state index contributed by atoms with van der Waals surface area (Å²) in [5, 5.41) is 24.4. The fourth-order valence-electron chi connectivity index (χ4n) is 5.26. The van der Waals surface area contributed by atoms with E-state index in [4.69, 9.17) is 40.0 Å². The molecule has 47 heavy (non-hydrogen) atoms. The fraction of sp³-hybridized carbons (Fsp3) is 0.500. The van der Waals surface area contributed by atoms with Gasteiger partial charge in [-0.15, -0.1) is 9.42 Å². The minimum absolute atomic E-state index is 0.0251. The van der Waals surface area contributed by atoms with Crippen molar-refractivity contribution in [2.24, 2.45) is 5.11 Å². The van der Waals surface area contributed by atoms with E-state index in [1.807, 2.05) is 0 Å². The number of nitrogens with zero attached hydrogens (tertiary/aromatic N) is 10. The fourth-order valence-corrected chi connectivity index (χ4v) is 6.66. The monoisotopic (exact) mass is 700 g/mol. The largest absolute Gasteiger partial charge is 0.695 e. The molecule has 27 heteroatoms. The first-order valence-corrected chi connectivity index (χ1v) is 15.8. The Labute approximate surface area is 260 Å². The molecule has 0 aromatic carbocycles. The molecule has 0 aliphatic carbocycles. The summed E-state index contributed by atoms with van der Waals surface area (Å²) in [5.41, 5.74) is 19.9. The lowest BCUT2D eigenvalue weighted by molar-refractivity contribution is -0.0608. The van der Waals surface area contributed by atoms with Gasteiger partial charge in [-0.1, -0.05) is 5.11 Å². The van der Waals surface area contributed by atoms with Crippen molar-refractivity contribution >= 4 is 50.2 Å². The number of ether oxygens (including phenoxy) is 2. The van der Waals surface area contributed by atoms with Crippen LogP contribution >= 0.6 is 16.1 Å². The maximum Gasteiger partial charge on any atom is 0.695 e. The van der Waals surface area contributed by atoms with Gasteiger partial charge < -0.3 is 36.0 Å². The number of hydrogen-bond donors (Lipinski definition) is 7. The number of aromatic amines is 1. The number of aliphatic hydroxyl groups is 2. The summed E-state index contributed by atoms with van der Waals surface area (Å²) < 4.78 is 54.3. The normalized spacial score (nSPS) is 29.2. The van der Waals surface area contributed by atoms with E-state index in [0.717, 1.165) is 17.2 Å². The molecule has 0 saturated carbocycles. The van der Waals surface area contributed by atoms with Crippen LogP contribution in [0.1, 0.15) is 12.5 Å². The number of imidazole rings is 2. The maximum atomic E-state index is 13.3. The number of nitrogen functional groups attached to an aromatic ring is 2. The van der Waals surface area contributed by atoms with Crippen LogP contribution in [0.5, 0.6) is 0 Å². The molecule has 2 aliphatic rings. The molecule has 9 N–H and O–H groups in total. The number of anilines is 2. The van der Waals surface area contributed by atoms with Crippen LogP contribution in [-0.2, 0) is 32.2 Å². The van der Waals surface area contributed by atoms with Crippen LogP contribution in [0.15, 0.2) is 28.9 Å². The number of aliphatic hydroxyl groups excluding tert-OH is 2. The van der Waals surface area contributed by atoms with E-state index in [0.29, 0.717) is 0 Å². The minimum atomic E-state index is -5.22. The third-order valence-electron chi connectivity index (χ3n) is 7.24. The van der Waals surface area contributed by atoms with E-state index in [1.165, 1.54) is 10.9 Å². The Morgan fingerprint density at radius 1 is 1.11 bits per heavy atom. The highest BCUT2D eigenvalue weighted by atomic mass is 31.2. The Balaban J connectivity index is 1.26. The second-order valence-corrected chi connectivity index (χ2v) is 12.1. The van der Waals surface area contributed by atoms with Crippen molar-refractivity contribution in [3.8, 4) is 0 Å². The van der Waals surface area contributed by atoms with Crippen LogP contribution in [0.4, 0.5) is 11.8 Å². The molecule has 0 radical (unpaired) electrons. The quantitative estimate of drug-likeness (QED) is 0.0404. The van der Waals surface area contributed by atoms with E-state index >= 15 is 0 Å². The molecular weight excluding hydrogens is 676 g/mol. The molecule has 3 unspecified atom stereocenters. The average Bonchev–Trinajstić information content (AvgIpc) is 3.77. The number of azide groups is 1. The number of rotatable bonds is 11. The summed E-state index contributed by atoms with van der Waals surface area (Å²) in [5.74, 6) is -0.267. The molecule has 2 fully saturated rings. The van der Waals surface area contributed by atoms with E-state index < -0.39 is 83.9 Å². The SMILES string of the molecule is [N-]=[N+]=NC1[C@@H](OP(=O)(O)OC[C@H]2O[C@@H](n3cnc4c(N)ncnc43)[C@H](O)[C@@H]2O[P+](=O)O)[C@H](n2cnc3c(=O)[nH]c(N)nc32)O[C@@H]1CO. The highest BCUT2D eigenvalue weighted by Crippen LogP contribution is 2.51. The first-order chi connectivity index (χ1) is 22.4. The standard InChI is InChI=1S/C20H23N13O12P2/c21-14-9-15(25-3-24-14)32(4-26-9)18-11(35)12(44-46(37)38)7(43-18)2-41-47(39,40)45-13-8(30-31-23)6(1-34)42-19(13)33-5-27-10-16(33)28-20(22)29-17(10)36/h3-8,11-13,18-19,34-35H,1-2H2,(H6-,21,22,24,25,28,29,36,37,38,39,40)/p+1/t6-,7-,8?,11-,12-,13-,18-,19-/m1/s1. The zero-order valence-electron chi connectivity index (χ0n) is 23.3. The summed E-state index contributed by atoms with van der Waals surface area (Å²) in [4.78, 5) is 57.4. The number of hydrogen-bond acceptors (Lipinski definition) is 18. The number of fused-ring (bicyclic) bond motifs is 2. The summed E-state index contributed by atoms with van der Waals surface area (Å²) in [7, 11) is -8.53. The first kappa shape index (κ1) is 32.7. The molecule has 25 nitrogen and oxygen atoms in total. The number of aromatic nitrogens is 8. The first-order valence-electron chi connectivity index (χ1n) is 13.2. The van der Waals surface area contributed by atoms with E-state index in [1.54, 1.807) is 0 Å². The highest BCUT2D eigenvalue weighted by Gasteiger charge is 2.53. The molecule has 0 bridgehead atoms. The Kier molecular flexibility index (Phi) is 8.88. The predicted molar refractivity (Wildman–Crippen MR) is 151 cm³/mol. The second kappa shape index (κ2) is 12.8. The van der Waals surface area contributed by atoms with Crippen molar-refractivity contribution in [2.45, 2.75) is 49.0 Å². The van der Waals surface area contributed by atoms with Crippen molar-refractivity contribution in [3.05, 3.63) is 39.8 Å². The summed E-state index contributed by atoms with van der Waals surface area (Å²) >= 11 is 0. The van der Waals surface area contributed by atoms with Crippen molar-refractivity contribution < 1.29 is 52.2 Å². The molecule has 250 valence electrons. The number of nitrogens with one attached hydrogen (secondary N) is 1. The van der Waals surface area contributed by atoms with Crippen molar-refractivity contribution in [1.82, 2.24) is 39.0 Å². The maximum absolute atomic E-state index is 13.3. The average molecular weight is 700 g/mol. The van der Waals surface area contributed by atoms with Gasteiger partial charge in [0.05, 0.1) is 38.0 Å². The number of H-pyrrole nitrogens is 1. The number of phosphoric acid groups is 1. The summed E-state index contributed by atoms with van der Waals surface area (Å²) in [6.07, 6.45) is -7.04. The molecule has 4 aromatic rings. The molecule has 2 aliphatic heterocycles. The van der Waals surface area contributed by atoms with Crippen LogP contribution < -0.4 is 17.0 Å². The van der Waals surface area contributed by atoms with Gasteiger partial charge in [0, 0.05) is 9.48 Å². The van der Waals surface area contributed by atoms with E-state index in [-0.39, 0.29) is 34.1 Å². The topological polar surface area (TPSA) is 369 Å². The lowest BCUT2D eigenvalue weighted by Gasteiger charge is -2.25. The van der Waals surface area contributed by atoms with Crippen LogP contribution in [-0.4, -0.2) is 109 Å². The smallest absolute Gasteiger partial charge is 0.394 e. The van der Waals surface area contributed by atoms with Gasteiger partial charge in [0.1, 0.15) is 30.2 Å². The van der Waals surface area contributed by atoms with Gasteiger partial charge in [-0.2, -0.15) is 4.98 Å². The van der Waals surface area contributed by atoms with Crippen LogP contribution in [0.25, 0.3) is 32.8 Å². The Bertz CT molecular complexity index is 1980. The summed E-state index contributed by atoms with van der Waals surface area (Å²) in [6, 6.07) is -1.43. The molecule has 6 heterocycles. The Hall–Kier alpha value is -4.22. The van der Waals surface area contributed by atoms with Crippen LogP contribution in [0.3, 0.4) is 0 Å². The molecular formula is C20H24N13O12P2+. The second-order valence-electron chi connectivity index (χ2n) is 10.00. The Morgan fingerprint density at radius 3 is 2.51 bits per heavy atom. The molecule has 2 saturated heterocycles. The zero-order chi connectivity index (χ0) is 33.6. The number of phosphoric ester groups is 1. The molecule has 0 amide bonds. The summed E-state index contributed by atoms with van der Waals surface area (Å²) in [6.45, 7) is -1.60. The van der Waals surface area contributed by atoms with Crippen LogP contribution in [0.2, 0.25) is 0 Å². The van der Waals surface area contributed by atoms with Gasteiger partial charge >= 0.3 is 16.1 Å². The van der Waals surface area contributed by atoms with E-state index in [2.05, 4.69) is 39.9 Å². The van der Waals surface area contributed by atoms with Crippen molar-refractivity contribution in [2.75, 3.05) is 24.7 Å². The van der Waals surface area contributed by atoms with Gasteiger partial charge in [-0.05, 0) is 5.53 Å². The van der Waals surface area contributed by atoms with Gasteiger partial charge in [-0.25, -0.2) is 24.5 Å². The van der Waals surface area contributed by atoms with Gasteiger partial charge in [0.25, 0.3) is 5.56 Å². The molecule has 10 atom stereocenters. The number of nitrogens with two attached hydrogens (primary N) is 2. The minimum Gasteiger partial charge on any atom is -0.394 e. The van der Waals surface area contributed by atoms with Crippen molar-refractivity contribution in [3.63, 3.8) is 0 Å². The highest BCUT2D eigenvalue weighted by molar-refractivity contribution is 7.47. The van der Waals surface area contributed by atoms with Crippen molar-refractivity contribution in [1.29, 1.82) is 0 Å². The van der Waals surface area contributed by atoms with Gasteiger partial charge in [0.2, 0.25) is 5.95 Å². The lowest BCUT2D eigenvalue weighted by Crippen LogP contribution is -2.36. The van der Waals surface area contributed by atoms with Crippen LogP contribution in [0, 0.1) is 0 Å². The Morgan fingerprint density at radius 2 is 1.81 bits per heavy atom. The molecule has 6 rings (SSSR count). The third kappa shape index (κ3) is 6.14. The third-order valence-corrected chi connectivity index (χ3v) is 8.65. The lowest BCUT2D eigenvalue weighted by atomic mass is 10.1. The molecule has 4 aromatic heterocycles. The van der Waals surface area contributed by atoms with Gasteiger partial charge in [0.15, 0.2) is 41.2 Å². The predicted octanol–water partition coefficient (Wildman–Crippen LogP) is -1.51.